The topological polar surface area (TPSA) is 84.5 Å². The largest absolute Gasteiger partial charge is 0.472 e. The summed E-state index contributed by atoms with van der Waals surface area (Å²) in [5.41, 5.74) is -1.38. The van der Waals surface area contributed by atoms with Gasteiger partial charge in [-0.3, -0.25) is 9.59 Å². The molecule has 152 valence electrons. The average molecular weight is 471 g/mol. The molecule has 0 aliphatic carbocycles. The van der Waals surface area contributed by atoms with E-state index in [0.29, 0.717) is 10.2 Å². The second-order valence-corrected chi connectivity index (χ2v) is 6.87. The van der Waals surface area contributed by atoms with E-state index in [-0.39, 0.29) is 22.6 Å². The fourth-order valence-electron chi connectivity index (χ4n) is 2.66. The molecule has 2 heterocycles. The lowest BCUT2D eigenvalue weighted by Crippen LogP contribution is -2.18. The number of halogens is 4. The van der Waals surface area contributed by atoms with Crippen molar-refractivity contribution in [3.63, 3.8) is 0 Å². The molecule has 0 aliphatic heterocycles. The Labute approximate surface area is 171 Å². The van der Waals surface area contributed by atoms with Crippen LogP contribution in [-0.4, -0.2) is 11.8 Å². The number of rotatable bonds is 4. The molecule has 3 rings (SSSR count). The summed E-state index contributed by atoms with van der Waals surface area (Å²) >= 11 is 3.20. The Bertz CT molecular complexity index is 1070. The summed E-state index contributed by atoms with van der Waals surface area (Å²) in [7, 11) is 0. The van der Waals surface area contributed by atoms with E-state index in [0.717, 1.165) is 12.1 Å². The fraction of sp³-hybridized carbons (Fsp3) is 0.158. The Kier molecular flexibility index (Phi) is 5.56. The SMILES string of the molecule is Cc1oc(C)c(C(=O)Nc2ccc(NC(=O)c3ccoc3)cc2C(F)(F)F)c1Br. The Balaban J connectivity index is 1.90. The van der Waals surface area contributed by atoms with Gasteiger partial charge >= 0.3 is 6.18 Å². The van der Waals surface area contributed by atoms with Crippen molar-refractivity contribution in [1.29, 1.82) is 0 Å². The fourth-order valence-corrected chi connectivity index (χ4v) is 3.20. The standard InChI is InChI=1S/C19H14BrF3N2O4/c1-9-15(16(20)10(2)29-9)18(27)25-14-4-3-12(7-13(14)19(21,22)23)24-17(26)11-5-6-28-8-11/h3-8H,1-2H3,(H,24,26)(H,25,27). The number of anilines is 2. The number of alkyl halides is 3. The number of hydrogen-bond donors (Lipinski definition) is 2. The van der Waals surface area contributed by atoms with Gasteiger partial charge in [-0.25, -0.2) is 0 Å². The molecule has 0 atom stereocenters. The number of amides is 2. The summed E-state index contributed by atoms with van der Waals surface area (Å²) in [4.78, 5) is 24.5. The van der Waals surface area contributed by atoms with E-state index in [4.69, 9.17) is 8.83 Å². The van der Waals surface area contributed by atoms with Crippen LogP contribution >= 0.6 is 15.9 Å². The minimum Gasteiger partial charge on any atom is -0.472 e. The number of hydrogen-bond acceptors (Lipinski definition) is 4. The first kappa shape index (κ1) is 20.7. The Morgan fingerprint density at radius 2 is 1.76 bits per heavy atom. The molecule has 0 fully saturated rings. The zero-order chi connectivity index (χ0) is 21.3. The number of nitrogens with one attached hydrogen (secondary N) is 2. The van der Waals surface area contributed by atoms with E-state index in [1.165, 1.54) is 31.6 Å². The van der Waals surface area contributed by atoms with E-state index in [9.17, 15) is 22.8 Å². The Hall–Kier alpha value is -3.01. The first-order valence-electron chi connectivity index (χ1n) is 8.19. The predicted octanol–water partition coefficient (Wildman–Crippen LogP) is 5.78. The monoisotopic (exact) mass is 470 g/mol. The summed E-state index contributed by atoms with van der Waals surface area (Å²) in [5, 5.41) is 4.62. The van der Waals surface area contributed by atoms with Crippen LogP contribution in [0.15, 0.2) is 50.1 Å². The molecule has 0 saturated carbocycles. The van der Waals surface area contributed by atoms with Gasteiger partial charge in [0.25, 0.3) is 11.8 Å². The minimum atomic E-state index is -4.77. The second kappa shape index (κ2) is 7.78. The summed E-state index contributed by atoms with van der Waals surface area (Å²) in [6.07, 6.45) is -2.33. The normalized spacial score (nSPS) is 11.4. The van der Waals surface area contributed by atoms with Crippen molar-refractivity contribution in [3.05, 3.63) is 69.5 Å². The molecule has 2 amide bonds. The van der Waals surface area contributed by atoms with Crippen molar-refractivity contribution in [2.24, 2.45) is 0 Å². The highest BCUT2D eigenvalue weighted by molar-refractivity contribution is 9.10. The molecule has 0 spiro atoms. The van der Waals surface area contributed by atoms with Crippen molar-refractivity contribution < 1.29 is 31.6 Å². The summed E-state index contributed by atoms with van der Waals surface area (Å²) in [6, 6.07) is 4.45. The number of benzene rings is 1. The molecule has 1 aromatic carbocycles. The van der Waals surface area contributed by atoms with Crippen LogP contribution in [0.1, 0.15) is 37.8 Å². The minimum absolute atomic E-state index is 0.0851. The van der Waals surface area contributed by atoms with Gasteiger partial charge in [-0.15, -0.1) is 0 Å². The number of carbonyl (C=O) groups is 2. The smallest absolute Gasteiger partial charge is 0.418 e. The van der Waals surface area contributed by atoms with Crippen LogP contribution in [0.3, 0.4) is 0 Å². The molecule has 2 N–H and O–H groups in total. The average Bonchev–Trinajstić information content (AvgIpc) is 3.24. The van der Waals surface area contributed by atoms with Crippen molar-refractivity contribution in [2.75, 3.05) is 10.6 Å². The van der Waals surface area contributed by atoms with Crippen LogP contribution < -0.4 is 10.6 Å². The van der Waals surface area contributed by atoms with Crippen LogP contribution in [0.2, 0.25) is 0 Å². The van der Waals surface area contributed by atoms with Crippen LogP contribution in [0.25, 0.3) is 0 Å². The maximum Gasteiger partial charge on any atom is 0.418 e. The maximum atomic E-state index is 13.5. The van der Waals surface area contributed by atoms with Crippen LogP contribution in [-0.2, 0) is 6.18 Å². The molecule has 29 heavy (non-hydrogen) atoms. The number of carbonyl (C=O) groups excluding carboxylic acids is 2. The first-order valence-corrected chi connectivity index (χ1v) is 8.99. The molecular weight excluding hydrogens is 457 g/mol. The molecule has 0 saturated heterocycles. The van der Waals surface area contributed by atoms with Gasteiger partial charge in [0.2, 0.25) is 0 Å². The van der Waals surface area contributed by atoms with Crippen molar-refractivity contribution >= 4 is 39.1 Å². The molecule has 10 heteroatoms. The first-order chi connectivity index (χ1) is 13.6. The van der Waals surface area contributed by atoms with Gasteiger partial charge in [-0.2, -0.15) is 13.2 Å². The molecule has 0 radical (unpaired) electrons. The summed E-state index contributed by atoms with van der Waals surface area (Å²) in [5.74, 6) is -0.686. The van der Waals surface area contributed by atoms with Gasteiger partial charge in [0.1, 0.15) is 17.8 Å². The Morgan fingerprint density at radius 1 is 1.03 bits per heavy atom. The molecule has 0 bridgehead atoms. The summed E-state index contributed by atoms with van der Waals surface area (Å²) in [6.45, 7) is 3.15. The zero-order valence-corrected chi connectivity index (χ0v) is 16.7. The lowest BCUT2D eigenvalue weighted by atomic mass is 10.1. The molecule has 3 aromatic rings. The highest BCUT2D eigenvalue weighted by Crippen LogP contribution is 2.37. The van der Waals surface area contributed by atoms with E-state index < -0.39 is 29.2 Å². The lowest BCUT2D eigenvalue weighted by Gasteiger charge is -2.16. The van der Waals surface area contributed by atoms with Crippen molar-refractivity contribution in [1.82, 2.24) is 0 Å². The zero-order valence-electron chi connectivity index (χ0n) is 15.1. The molecule has 0 aliphatic rings. The van der Waals surface area contributed by atoms with E-state index in [1.807, 2.05) is 0 Å². The molecular formula is C19H14BrF3N2O4. The second-order valence-electron chi connectivity index (χ2n) is 6.08. The predicted molar refractivity (Wildman–Crippen MR) is 102 cm³/mol. The highest BCUT2D eigenvalue weighted by Gasteiger charge is 2.35. The Morgan fingerprint density at radius 3 is 2.31 bits per heavy atom. The molecule has 6 nitrogen and oxygen atoms in total. The summed E-state index contributed by atoms with van der Waals surface area (Å²) < 4.78 is 51.1. The number of aryl methyl sites for hydroxylation is 2. The van der Waals surface area contributed by atoms with Crippen LogP contribution in [0.4, 0.5) is 24.5 Å². The van der Waals surface area contributed by atoms with Gasteiger partial charge in [0, 0.05) is 5.69 Å². The van der Waals surface area contributed by atoms with Crippen molar-refractivity contribution in [2.45, 2.75) is 20.0 Å². The van der Waals surface area contributed by atoms with Crippen molar-refractivity contribution in [3.8, 4) is 0 Å². The van der Waals surface area contributed by atoms with E-state index in [1.54, 1.807) is 6.92 Å². The molecule has 2 aromatic heterocycles. The highest BCUT2D eigenvalue weighted by atomic mass is 79.9. The van der Waals surface area contributed by atoms with Crippen LogP contribution in [0, 0.1) is 13.8 Å². The maximum absolute atomic E-state index is 13.5. The van der Waals surface area contributed by atoms with Gasteiger partial charge in [0.05, 0.1) is 33.1 Å². The third kappa shape index (κ3) is 4.37. The molecule has 0 unspecified atom stereocenters. The quantitative estimate of drug-likeness (QED) is 0.506. The lowest BCUT2D eigenvalue weighted by molar-refractivity contribution is -0.136. The van der Waals surface area contributed by atoms with E-state index >= 15 is 0 Å². The van der Waals surface area contributed by atoms with Crippen LogP contribution in [0.5, 0.6) is 0 Å². The van der Waals surface area contributed by atoms with E-state index in [2.05, 4.69) is 26.6 Å². The third-order valence-corrected chi connectivity index (χ3v) is 4.98. The third-order valence-electron chi connectivity index (χ3n) is 4.03. The van der Waals surface area contributed by atoms with Gasteiger partial charge in [0.15, 0.2) is 0 Å². The van der Waals surface area contributed by atoms with Gasteiger partial charge in [-0.1, -0.05) is 0 Å². The number of furan rings is 2. The van der Waals surface area contributed by atoms with Gasteiger partial charge < -0.3 is 19.5 Å². The van der Waals surface area contributed by atoms with Gasteiger partial charge in [-0.05, 0) is 54.0 Å².